The Balaban J connectivity index is 2.95. The fraction of sp³-hybridized carbons (Fsp3) is 0.500. The molecule has 6 heteroatoms. The van der Waals surface area contributed by atoms with Crippen molar-refractivity contribution in [2.45, 2.75) is 26.4 Å². The predicted molar refractivity (Wildman–Crippen MR) is 69.1 cm³/mol. The van der Waals surface area contributed by atoms with E-state index in [1.165, 1.54) is 18.2 Å². The third-order valence-electron chi connectivity index (χ3n) is 2.90. The molecule has 0 heterocycles. The van der Waals surface area contributed by atoms with Crippen LogP contribution in [0.1, 0.15) is 20.8 Å². The molecule has 0 radical (unpaired) electrons. The highest BCUT2D eigenvalue weighted by Crippen LogP contribution is 2.35. The van der Waals surface area contributed by atoms with Gasteiger partial charge in [-0.2, -0.15) is 0 Å². The van der Waals surface area contributed by atoms with Crippen LogP contribution in [-0.2, 0) is 0 Å². The van der Waals surface area contributed by atoms with Gasteiger partial charge in [0.1, 0.15) is 6.61 Å². The number of hydrogen-bond donors (Lipinski definition) is 1. The van der Waals surface area contributed by atoms with E-state index in [1.54, 1.807) is 6.92 Å². The van der Waals surface area contributed by atoms with E-state index in [2.05, 4.69) is 0 Å². The van der Waals surface area contributed by atoms with Crippen LogP contribution >= 0.6 is 11.6 Å². The lowest BCUT2D eigenvalue weighted by molar-refractivity contribution is -0.386. The molecule has 0 spiro atoms. The van der Waals surface area contributed by atoms with E-state index in [1.807, 2.05) is 13.8 Å². The first-order chi connectivity index (χ1) is 8.25. The van der Waals surface area contributed by atoms with Crippen molar-refractivity contribution in [2.75, 3.05) is 6.61 Å². The molecule has 1 N–H and O–H groups in total. The summed E-state index contributed by atoms with van der Waals surface area (Å²) in [6, 6.07) is 4.30. The average Bonchev–Trinajstić information content (AvgIpc) is 2.26. The molecular weight excluding hydrogens is 258 g/mol. The van der Waals surface area contributed by atoms with Gasteiger partial charge >= 0.3 is 5.69 Å². The quantitative estimate of drug-likeness (QED) is 0.661. The molecule has 1 atom stereocenters. The van der Waals surface area contributed by atoms with Crippen LogP contribution in [0.5, 0.6) is 5.75 Å². The highest BCUT2D eigenvalue weighted by Gasteiger charge is 2.28. The minimum absolute atomic E-state index is 0.00917. The van der Waals surface area contributed by atoms with E-state index in [-0.39, 0.29) is 29.0 Å². The summed E-state index contributed by atoms with van der Waals surface area (Å²) >= 11 is 5.87. The second-order valence-corrected chi connectivity index (χ2v) is 5.05. The van der Waals surface area contributed by atoms with Crippen LogP contribution < -0.4 is 4.74 Å². The molecule has 0 fully saturated rings. The first-order valence-corrected chi connectivity index (χ1v) is 5.91. The molecule has 0 saturated carbocycles. The van der Waals surface area contributed by atoms with Gasteiger partial charge in [0.15, 0.2) is 0 Å². The lowest BCUT2D eigenvalue weighted by Crippen LogP contribution is -2.37. The van der Waals surface area contributed by atoms with E-state index >= 15 is 0 Å². The molecule has 0 saturated heterocycles. The van der Waals surface area contributed by atoms with Crippen molar-refractivity contribution < 1.29 is 14.8 Å². The minimum atomic E-state index is -1.08. The molecule has 0 bridgehead atoms. The fourth-order valence-electron chi connectivity index (χ4n) is 1.17. The molecule has 1 aromatic carbocycles. The molecule has 0 amide bonds. The molecule has 5 nitrogen and oxygen atoms in total. The number of rotatable bonds is 5. The van der Waals surface area contributed by atoms with Crippen LogP contribution in [-0.4, -0.2) is 22.2 Å². The molecule has 0 aliphatic rings. The molecule has 0 aliphatic heterocycles. The summed E-state index contributed by atoms with van der Waals surface area (Å²) < 4.78 is 5.33. The van der Waals surface area contributed by atoms with Crippen LogP contribution in [0.25, 0.3) is 0 Å². The van der Waals surface area contributed by atoms with Crippen LogP contribution in [0, 0.1) is 16.0 Å². The Morgan fingerprint density at radius 1 is 1.56 bits per heavy atom. The van der Waals surface area contributed by atoms with Gasteiger partial charge in [0.2, 0.25) is 5.75 Å². The summed E-state index contributed by atoms with van der Waals surface area (Å²) in [6.07, 6.45) is 0. The Bertz CT molecular complexity index is 446. The molecule has 1 aromatic rings. The number of nitro benzene ring substituents is 1. The lowest BCUT2D eigenvalue weighted by Gasteiger charge is -2.27. The molecule has 100 valence electrons. The number of hydrogen-bond acceptors (Lipinski definition) is 4. The van der Waals surface area contributed by atoms with Crippen LogP contribution in [0.2, 0.25) is 5.02 Å². The minimum Gasteiger partial charge on any atom is -0.483 e. The first kappa shape index (κ1) is 14.7. The van der Waals surface area contributed by atoms with Gasteiger partial charge in [-0.3, -0.25) is 10.1 Å². The zero-order chi connectivity index (χ0) is 13.9. The van der Waals surface area contributed by atoms with Crippen LogP contribution in [0.4, 0.5) is 5.69 Å². The Kier molecular flexibility index (Phi) is 4.53. The van der Waals surface area contributed by atoms with Crippen molar-refractivity contribution in [3.05, 3.63) is 33.3 Å². The summed E-state index contributed by atoms with van der Waals surface area (Å²) in [5.41, 5.74) is -1.28. The standard InChI is InChI=1S/C12H16ClNO4/c1-8(2)12(3,15)7-18-11-9(13)5-4-6-10(11)14(16)17/h4-6,8,15H,7H2,1-3H3. The molecule has 1 unspecified atom stereocenters. The summed E-state index contributed by atoms with van der Waals surface area (Å²) in [4.78, 5) is 10.3. The largest absolute Gasteiger partial charge is 0.483 e. The summed E-state index contributed by atoms with van der Waals surface area (Å²) in [6.45, 7) is 5.23. The molecule has 0 aromatic heterocycles. The number of nitro groups is 1. The van der Waals surface area contributed by atoms with Crippen molar-refractivity contribution in [3.63, 3.8) is 0 Å². The second kappa shape index (κ2) is 5.54. The number of aliphatic hydroxyl groups is 1. The normalized spacial score (nSPS) is 14.3. The van der Waals surface area contributed by atoms with Gasteiger partial charge in [-0.05, 0) is 18.9 Å². The monoisotopic (exact) mass is 273 g/mol. The molecule has 18 heavy (non-hydrogen) atoms. The van der Waals surface area contributed by atoms with Crippen molar-refractivity contribution in [1.82, 2.24) is 0 Å². The third-order valence-corrected chi connectivity index (χ3v) is 3.19. The number of halogens is 1. The average molecular weight is 274 g/mol. The Morgan fingerprint density at radius 3 is 2.67 bits per heavy atom. The zero-order valence-corrected chi connectivity index (χ0v) is 11.3. The van der Waals surface area contributed by atoms with E-state index in [0.29, 0.717) is 0 Å². The topological polar surface area (TPSA) is 72.6 Å². The van der Waals surface area contributed by atoms with Gasteiger partial charge in [0.05, 0.1) is 15.5 Å². The van der Waals surface area contributed by atoms with E-state index in [9.17, 15) is 15.2 Å². The number of nitrogens with zero attached hydrogens (tertiary/aromatic N) is 1. The second-order valence-electron chi connectivity index (χ2n) is 4.65. The Labute approximate surface area is 110 Å². The maximum Gasteiger partial charge on any atom is 0.312 e. The number of para-hydroxylation sites is 1. The van der Waals surface area contributed by atoms with Gasteiger partial charge in [-0.1, -0.05) is 31.5 Å². The highest BCUT2D eigenvalue weighted by molar-refractivity contribution is 6.32. The molecule has 0 aliphatic carbocycles. The van der Waals surface area contributed by atoms with Crippen molar-refractivity contribution >= 4 is 17.3 Å². The Hall–Kier alpha value is -1.33. The fourth-order valence-corrected chi connectivity index (χ4v) is 1.39. The zero-order valence-electron chi connectivity index (χ0n) is 10.5. The summed E-state index contributed by atoms with van der Waals surface area (Å²) in [7, 11) is 0. The number of benzene rings is 1. The van der Waals surface area contributed by atoms with Gasteiger partial charge in [0, 0.05) is 6.07 Å². The highest BCUT2D eigenvalue weighted by atomic mass is 35.5. The maximum atomic E-state index is 10.8. The third kappa shape index (κ3) is 3.34. The van der Waals surface area contributed by atoms with Crippen molar-refractivity contribution in [1.29, 1.82) is 0 Å². The van der Waals surface area contributed by atoms with Gasteiger partial charge in [0.25, 0.3) is 0 Å². The first-order valence-electron chi connectivity index (χ1n) is 5.54. The predicted octanol–water partition coefficient (Wildman–Crippen LogP) is 3.03. The van der Waals surface area contributed by atoms with Crippen LogP contribution in [0.15, 0.2) is 18.2 Å². The summed E-state index contributed by atoms with van der Waals surface area (Å²) in [5.74, 6) is -0.0517. The van der Waals surface area contributed by atoms with Crippen molar-refractivity contribution in [3.8, 4) is 5.75 Å². The maximum absolute atomic E-state index is 10.8. The molecule has 1 rings (SSSR count). The van der Waals surface area contributed by atoms with Gasteiger partial charge in [-0.25, -0.2) is 0 Å². The summed E-state index contributed by atoms with van der Waals surface area (Å²) in [5, 5.41) is 21.0. The number of ether oxygens (including phenoxy) is 1. The van der Waals surface area contributed by atoms with Crippen LogP contribution in [0.3, 0.4) is 0 Å². The Morgan fingerprint density at radius 2 is 2.17 bits per heavy atom. The van der Waals surface area contributed by atoms with Gasteiger partial charge < -0.3 is 9.84 Å². The smallest absolute Gasteiger partial charge is 0.312 e. The van der Waals surface area contributed by atoms with E-state index < -0.39 is 10.5 Å². The van der Waals surface area contributed by atoms with Crippen molar-refractivity contribution in [2.24, 2.45) is 5.92 Å². The lowest BCUT2D eigenvalue weighted by atomic mass is 9.94. The van der Waals surface area contributed by atoms with E-state index in [4.69, 9.17) is 16.3 Å². The van der Waals surface area contributed by atoms with Gasteiger partial charge in [-0.15, -0.1) is 0 Å². The molecular formula is C12H16ClNO4. The SMILES string of the molecule is CC(C)C(C)(O)COc1c(Cl)cccc1[N+](=O)[O-]. The van der Waals surface area contributed by atoms with E-state index in [0.717, 1.165) is 0 Å².